The van der Waals surface area contributed by atoms with Crippen molar-refractivity contribution in [2.75, 3.05) is 0 Å². The van der Waals surface area contributed by atoms with Crippen molar-refractivity contribution in [1.29, 1.82) is 0 Å². The van der Waals surface area contributed by atoms with Gasteiger partial charge in [0.15, 0.2) is 0 Å². The first-order valence-electron chi connectivity index (χ1n) is 6.54. The van der Waals surface area contributed by atoms with Gasteiger partial charge in [-0.25, -0.2) is 14.4 Å². The molecular formula is C16H11ClFN3O. The van der Waals surface area contributed by atoms with Crippen molar-refractivity contribution in [3.05, 3.63) is 82.9 Å². The summed E-state index contributed by atoms with van der Waals surface area (Å²) in [6.45, 7) is 0.431. The lowest BCUT2D eigenvalue weighted by atomic mass is 10.1. The van der Waals surface area contributed by atoms with E-state index in [-0.39, 0.29) is 16.8 Å². The molecule has 1 aromatic carbocycles. The van der Waals surface area contributed by atoms with Crippen molar-refractivity contribution in [1.82, 2.24) is 14.5 Å². The predicted molar refractivity (Wildman–Crippen MR) is 80.4 cm³/mol. The van der Waals surface area contributed by atoms with E-state index >= 15 is 0 Å². The van der Waals surface area contributed by atoms with Gasteiger partial charge in [-0.1, -0.05) is 23.7 Å². The molecule has 22 heavy (non-hydrogen) atoms. The molecule has 4 nitrogen and oxygen atoms in total. The number of hydrogen-bond donors (Lipinski definition) is 0. The summed E-state index contributed by atoms with van der Waals surface area (Å²) in [5.41, 5.74) is 1.76. The fourth-order valence-electron chi connectivity index (χ4n) is 2.11. The normalized spacial score (nSPS) is 10.6. The molecule has 0 atom stereocenters. The number of imidazole rings is 1. The molecule has 0 fully saturated rings. The van der Waals surface area contributed by atoms with Gasteiger partial charge in [-0.15, -0.1) is 0 Å². The van der Waals surface area contributed by atoms with E-state index in [1.807, 2.05) is 0 Å². The van der Waals surface area contributed by atoms with Crippen LogP contribution in [0.1, 0.15) is 21.6 Å². The third-order valence-corrected chi connectivity index (χ3v) is 3.41. The van der Waals surface area contributed by atoms with E-state index in [0.717, 1.165) is 5.56 Å². The van der Waals surface area contributed by atoms with Gasteiger partial charge in [0.2, 0.25) is 5.78 Å². The predicted octanol–water partition coefficient (Wildman–Crippen LogP) is 3.35. The second kappa shape index (κ2) is 6.07. The van der Waals surface area contributed by atoms with E-state index in [1.165, 1.54) is 30.6 Å². The molecule has 3 rings (SSSR count). The summed E-state index contributed by atoms with van der Waals surface area (Å²) < 4.78 is 14.7. The summed E-state index contributed by atoms with van der Waals surface area (Å²) in [6, 6.07) is 9.23. The molecule has 0 bridgehead atoms. The van der Waals surface area contributed by atoms with Gasteiger partial charge in [0, 0.05) is 18.3 Å². The zero-order chi connectivity index (χ0) is 15.5. The van der Waals surface area contributed by atoms with Crippen molar-refractivity contribution in [3.63, 3.8) is 0 Å². The van der Waals surface area contributed by atoms with Crippen LogP contribution in [0.2, 0.25) is 5.15 Å². The number of pyridine rings is 1. The highest BCUT2D eigenvalue weighted by Gasteiger charge is 2.15. The molecule has 0 saturated carbocycles. The number of halogens is 2. The van der Waals surface area contributed by atoms with Crippen LogP contribution in [0.4, 0.5) is 4.39 Å². The molecule has 110 valence electrons. The van der Waals surface area contributed by atoms with E-state index in [1.54, 1.807) is 29.1 Å². The monoisotopic (exact) mass is 315 g/mol. The highest BCUT2D eigenvalue weighted by molar-refractivity contribution is 6.29. The minimum absolute atomic E-state index is 0.191. The van der Waals surface area contributed by atoms with Gasteiger partial charge < -0.3 is 4.57 Å². The molecule has 0 aliphatic heterocycles. The standard InChI is InChI=1S/C16H11ClFN3O/c17-15-7-12(5-6-20-15)16(22)14-8-19-10-21(14)9-11-1-3-13(18)4-2-11/h1-8,10H,9H2. The molecule has 0 amide bonds. The molecule has 0 N–H and O–H groups in total. The Balaban J connectivity index is 1.88. The van der Waals surface area contributed by atoms with Crippen molar-refractivity contribution < 1.29 is 9.18 Å². The van der Waals surface area contributed by atoms with E-state index in [9.17, 15) is 9.18 Å². The summed E-state index contributed by atoms with van der Waals surface area (Å²) in [7, 11) is 0. The topological polar surface area (TPSA) is 47.8 Å². The van der Waals surface area contributed by atoms with Gasteiger partial charge in [0.25, 0.3) is 0 Å². The Bertz CT molecular complexity index is 814. The number of nitrogens with zero attached hydrogens (tertiary/aromatic N) is 3. The van der Waals surface area contributed by atoms with Gasteiger partial charge in [-0.3, -0.25) is 4.79 Å². The SMILES string of the molecule is O=C(c1ccnc(Cl)c1)c1cncn1Cc1ccc(F)cc1. The molecular weight excluding hydrogens is 305 g/mol. The maximum Gasteiger partial charge on any atom is 0.211 e. The molecule has 3 aromatic rings. The first-order valence-corrected chi connectivity index (χ1v) is 6.92. The van der Waals surface area contributed by atoms with Crippen molar-refractivity contribution >= 4 is 17.4 Å². The van der Waals surface area contributed by atoms with Crippen molar-refractivity contribution in [3.8, 4) is 0 Å². The van der Waals surface area contributed by atoms with Crippen molar-refractivity contribution in [2.45, 2.75) is 6.54 Å². The van der Waals surface area contributed by atoms with Crippen molar-refractivity contribution in [2.24, 2.45) is 0 Å². The maximum absolute atomic E-state index is 12.9. The lowest BCUT2D eigenvalue weighted by Crippen LogP contribution is -2.10. The Hall–Kier alpha value is -2.53. The Morgan fingerprint density at radius 1 is 1.23 bits per heavy atom. The fraction of sp³-hybridized carbons (Fsp3) is 0.0625. The molecule has 2 heterocycles. The van der Waals surface area contributed by atoms with Crippen LogP contribution in [0.3, 0.4) is 0 Å². The first kappa shape index (κ1) is 14.4. The Morgan fingerprint density at radius 3 is 2.73 bits per heavy atom. The minimum Gasteiger partial charge on any atom is -0.323 e. The smallest absolute Gasteiger partial charge is 0.211 e. The van der Waals surface area contributed by atoms with Crippen LogP contribution in [0.5, 0.6) is 0 Å². The molecule has 0 aliphatic rings. The Labute approximate surface area is 131 Å². The third kappa shape index (κ3) is 3.04. The largest absolute Gasteiger partial charge is 0.323 e. The number of rotatable bonds is 4. The summed E-state index contributed by atoms with van der Waals surface area (Å²) in [5.74, 6) is -0.485. The fourth-order valence-corrected chi connectivity index (χ4v) is 2.29. The molecule has 0 radical (unpaired) electrons. The van der Waals surface area contributed by atoms with Crippen LogP contribution in [-0.4, -0.2) is 20.3 Å². The zero-order valence-electron chi connectivity index (χ0n) is 11.4. The summed E-state index contributed by atoms with van der Waals surface area (Å²) in [5, 5.41) is 0.260. The number of carbonyl (C=O) groups excluding carboxylic acids is 1. The average Bonchev–Trinajstić information content (AvgIpc) is 2.97. The Morgan fingerprint density at radius 2 is 2.00 bits per heavy atom. The van der Waals surface area contributed by atoms with Crippen LogP contribution in [-0.2, 0) is 6.54 Å². The molecule has 0 spiro atoms. The van der Waals surface area contributed by atoms with E-state index in [4.69, 9.17) is 11.6 Å². The molecule has 2 aromatic heterocycles. The lowest BCUT2D eigenvalue weighted by molar-refractivity contribution is 0.103. The van der Waals surface area contributed by atoms with Crippen LogP contribution in [0.15, 0.2) is 55.1 Å². The number of aromatic nitrogens is 3. The average molecular weight is 316 g/mol. The van der Waals surface area contributed by atoms with Crippen LogP contribution in [0, 0.1) is 5.82 Å². The molecule has 0 unspecified atom stereocenters. The van der Waals surface area contributed by atoms with E-state index < -0.39 is 0 Å². The minimum atomic E-state index is -0.294. The Kier molecular flexibility index (Phi) is 3.98. The summed E-state index contributed by atoms with van der Waals surface area (Å²) >= 11 is 5.81. The number of ketones is 1. The van der Waals surface area contributed by atoms with E-state index in [2.05, 4.69) is 9.97 Å². The van der Waals surface area contributed by atoms with Gasteiger partial charge in [0.05, 0.1) is 12.5 Å². The lowest BCUT2D eigenvalue weighted by Gasteiger charge is -2.08. The van der Waals surface area contributed by atoms with Crippen LogP contribution >= 0.6 is 11.6 Å². The molecule has 0 saturated heterocycles. The highest BCUT2D eigenvalue weighted by Crippen LogP contribution is 2.14. The third-order valence-electron chi connectivity index (χ3n) is 3.20. The van der Waals surface area contributed by atoms with Crippen LogP contribution in [0.25, 0.3) is 0 Å². The summed E-state index contributed by atoms with van der Waals surface area (Å²) in [6.07, 6.45) is 4.55. The quantitative estimate of drug-likeness (QED) is 0.548. The zero-order valence-corrected chi connectivity index (χ0v) is 12.2. The van der Waals surface area contributed by atoms with Gasteiger partial charge in [-0.05, 0) is 29.8 Å². The van der Waals surface area contributed by atoms with Crippen LogP contribution < -0.4 is 0 Å². The number of carbonyl (C=O) groups is 1. The first-order chi connectivity index (χ1) is 10.6. The second-order valence-electron chi connectivity index (χ2n) is 4.73. The highest BCUT2D eigenvalue weighted by atomic mass is 35.5. The number of benzene rings is 1. The number of hydrogen-bond acceptors (Lipinski definition) is 3. The van der Waals surface area contributed by atoms with E-state index in [0.29, 0.717) is 17.8 Å². The summed E-state index contributed by atoms with van der Waals surface area (Å²) in [4.78, 5) is 20.4. The molecule has 6 heteroatoms. The molecule has 0 aliphatic carbocycles. The van der Waals surface area contributed by atoms with Gasteiger partial charge in [-0.2, -0.15) is 0 Å². The van der Waals surface area contributed by atoms with Gasteiger partial charge >= 0.3 is 0 Å². The second-order valence-corrected chi connectivity index (χ2v) is 5.12. The van der Waals surface area contributed by atoms with Gasteiger partial charge in [0.1, 0.15) is 16.7 Å². The maximum atomic E-state index is 12.9.